The summed E-state index contributed by atoms with van der Waals surface area (Å²) in [6.07, 6.45) is 3.21. The second-order valence-electron chi connectivity index (χ2n) is 5.90. The molecule has 0 bridgehead atoms. The molecule has 1 fully saturated rings. The van der Waals surface area contributed by atoms with E-state index in [2.05, 4.69) is 10.4 Å². The van der Waals surface area contributed by atoms with Crippen molar-refractivity contribution in [1.82, 2.24) is 9.88 Å². The molecule has 0 radical (unpaired) electrons. The minimum absolute atomic E-state index is 0.0680. The summed E-state index contributed by atoms with van der Waals surface area (Å²) in [7, 11) is 0. The number of carbonyl (C=O) groups excluding carboxylic acids is 1. The van der Waals surface area contributed by atoms with Crippen LogP contribution >= 0.6 is 11.3 Å². The molecule has 1 aromatic carbocycles. The summed E-state index contributed by atoms with van der Waals surface area (Å²) < 4.78 is 5.62. The van der Waals surface area contributed by atoms with Gasteiger partial charge in [0.25, 0.3) is 0 Å². The Hall–Kier alpha value is -1.72. The fraction of sp³-hybridized carbons (Fsp3) is 0.444. The molecule has 2 heterocycles. The first-order chi connectivity index (χ1) is 11.2. The number of thiazole rings is 1. The second-order valence-corrected chi connectivity index (χ2v) is 6.79. The van der Waals surface area contributed by atoms with Gasteiger partial charge in [0.1, 0.15) is 11.6 Å². The van der Waals surface area contributed by atoms with Gasteiger partial charge in [-0.15, -0.1) is 11.3 Å². The number of aryl methyl sites for hydroxylation is 1. The lowest BCUT2D eigenvalue weighted by Gasteiger charge is -2.34. The Labute approximate surface area is 141 Å². The van der Waals surface area contributed by atoms with Gasteiger partial charge in [-0.3, -0.25) is 4.79 Å². The fourth-order valence-electron chi connectivity index (χ4n) is 2.93. The maximum atomic E-state index is 12.6. The lowest BCUT2D eigenvalue weighted by Crippen LogP contribution is -2.40. The molecule has 3 rings (SSSR count). The van der Waals surface area contributed by atoms with Gasteiger partial charge >= 0.3 is 0 Å². The number of rotatable bonds is 5. The average Bonchev–Trinajstić information content (AvgIpc) is 3.02. The van der Waals surface area contributed by atoms with E-state index in [0.29, 0.717) is 6.61 Å². The normalized spacial score (nSPS) is 18.1. The van der Waals surface area contributed by atoms with Gasteiger partial charge < -0.3 is 9.64 Å². The predicted octanol–water partition coefficient (Wildman–Crippen LogP) is 3.72. The summed E-state index contributed by atoms with van der Waals surface area (Å²) >= 11 is 1.65. The first-order valence-electron chi connectivity index (χ1n) is 8.07. The summed E-state index contributed by atoms with van der Waals surface area (Å²) in [5.74, 6) is 0.0680. The minimum atomic E-state index is 0.0680. The van der Waals surface area contributed by atoms with Crippen molar-refractivity contribution in [3.8, 4) is 0 Å². The van der Waals surface area contributed by atoms with Crippen LogP contribution in [0, 0.1) is 6.92 Å². The van der Waals surface area contributed by atoms with Crippen molar-refractivity contribution in [3.05, 3.63) is 52.0 Å². The van der Waals surface area contributed by atoms with Gasteiger partial charge in [0.05, 0.1) is 12.6 Å². The van der Waals surface area contributed by atoms with Crippen molar-refractivity contribution in [2.75, 3.05) is 13.2 Å². The molecule has 0 unspecified atom stereocenters. The molecular formula is C18H22N2O2S. The van der Waals surface area contributed by atoms with E-state index in [4.69, 9.17) is 4.74 Å². The van der Waals surface area contributed by atoms with Crippen molar-refractivity contribution in [1.29, 1.82) is 0 Å². The number of piperidine rings is 1. The van der Waals surface area contributed by atoms with E-state index in [-0.39, 0.29) is 18.6 Å². The summed E-state index contributed by atoms with van der Waals surface area (Å²) in [5.41, 5.74) is 2.12. The molecule has 5 heteroatoms. The lowest BCUT2D eigenvalue weighted by molar-refractivity contribution is -0.140. The monoisotopic (exact) mass is 330 g/mol. The number of ether oxygens (including phenoxy) is 1. The van der Waals surface area contributed by atoms with Gasteiger partial charge in [0.15, 0.2) is 0 Å². The molecule has 1 aliphatic heterocycles. The summed E-state index contributed by atoms with van der Waals surface area (Å²) in [4.78, 5) is 19.1. The van der Waals surface area contributed by atoms with Gasteiger partial charge in [-0.2, -0.15) is 0 Å². The van der Waals surface area contributed by atoms with Crippen LogP contribution in [0.15, 0.2) is 35.7 Å². The van der Waals surface area contributed by atoms with Crippen molar-refractivity contribution in [2.45, 2.75) is 38.8 Å². The van der Waals surface area contributed by atoms with E-state index in [1.165, 1.54) is 0 Å². The maximum absolute atomic E-state index is 12.6. The Morgan fingerprint density at radius 2 is 2.17 bits per heavy atom. The van der Waals surface area contributed by atoms with Crippen molar-refractivity contribution >= 4 is 17.2 Å². The van der Waals surface area contributed by atoms with Crippen LogP contribution in [0.5, 0.6) is 0 Å². The highest BCUT2D eigenvalue weighted by molar-refractivity contribution is 7.09. The topological polar surface area (TPSA) is 42.4 Å². The summed E-state index contributed by atoms with van der Waals surface area (Å²) in [5, 5.41) is 3.11. The SMILES string of the molecule is Cc1csc([C@@H]2CCCCN2C(=O)COCc2ccccc2)n1. The third kappa shape index (κ3) is 4.18. The molecule has 0 saturated carbocycles. The minimum Gasteiger partial charge on any atom is -0.367 e. The van der Waals surface area contributed by atoms with E-state index in [1.54, 1.807) is 11.3 Å². The van der Waals surface area contributed by atoms with Crippen molar-refractivity contribution < 1.29 is 9.53 Å². The third-order valence-electron chi connectivity index (χ3n) is 4.08. The Bertz CT molecular complexity index is 641. The quantitative estimate of drug-likeness (QED) is 0.839. The van der Waals surface area contributed by atoms with E-state index >= 15 is 0 Å². The van der Waals surface area contributed by atoms with Crippen LogP contribution in [-0.4, -0.2) is 28.9 Å². The Morgan fingerprint density at radius 3 is 2.91 bits per heavy atom. The van der Waals surface area contributed by atoms with Gasteiger partial charge in [0, 0.05) is 17.6 Å². The third-order valence-corrected chi connectivity index (χ3v) is 5.15. The Balaban J connectivity index is 1.58. The van der Waals surface area contributed by atoms with Crippen LogP contribution in [0.1, 0.15) is 41.6 Å². The fourth-order valence-corrected chi connectivity index (χ4v) is 3.87. The highest BCUT2D eigenvalue weighted by Crippen LogP contribution is 2.32. The number of hydrogen-bond donors (Lipinski definition) is 0. The number of likely N-dealkylation sites (tertiary alicyclic amines) is 1. The van der Waals surface area contributed by atoms with Crippen LogP contribution in [0.4, 0.5) is 0 Å². The van der Waals surface area contributed by atoms with Crippen LogP contribution in [-0.2, 0) is 16.1 Å². The zero-order chi connectivity index (χ0) is 16.1. The molecule has 1 aromatic heterocycles. The standard InChI is InChI=1S/C18H22N2O2S/c1-14-13-23-18(19-14)16-9-5-6-10-20(16)17(21)12-22-11-15-7-3-2-4-8-15/h2-4,7-8,13,16H,5-6,9-12H2,1H3/t16-/m0/s1. The van der Waals surface area contributed by atoms with Crippen LogP contribution in [0.2, 0.25) is 0 Å². The summed E-state index contributed by atoms with van der Waals surface area (Å²) in [6.45, 7) is 3.41. The second kappa shape index (κ2) is 7.70. The first kappa shape index (κ1) is 16.1. The molecule has 0 spiro atoms. The van der Waals surface area contributed by atoms with Crippen LogP contribution in [0.25, 0.3) is 0 Å². The number of amides is 1. The molecule has 0 aliphatic carbocycles. The van der Waals surface area contributed by atoms with Crippen molar-refractivity contribution in [3.63, 3.8) is 0 Å². The number of aromatic nitrogens is 1. The van der Waals surface area contributed by atoms with E-state index in [0.717, 1.165) is 42.1 Å². The smallest absolute Gasteiger partial charge is 0.249 e. The average molecular weight is 330 g/mol. The highest BCUT2D eigenvalue weighted by atomic mass is 32.1. The molecule has 1 amide bonds. The maximum Gasteiger partial charge on any atom is 0.249 e. The molecular weight excluding hydrogens is 308 g/mol. The number of benzene rings is 1. The number of hydrogen-bond acceptors (Lipinski definition) is 4. The molecule has 2 aromatic rings. The van der Waals surface area contributed by atoms with Gasteiger partial charge in [-0.1, -0.05) is 30.3 Å². The van der Waals surface area contributed by atoms with E-state index in [9.17, 15) is 4.79 Å². The lowest BCUT2D eigenvalue weighted by atomic mass is 10.0. The molecule has 4 nitrogen and oxygen atoms in total. The molecule has 0 N–H and O–H groups in total. The number of carbonyl (C=O) groups is 1. The molecule has 23 heavy (non-hydrogen) atoms. The van der Waals surface area contributed by atoms with E-state index in [1.807, 2.05) is 42.2 Å². The summed E-state index contributed by atoms with van der Waals surface area (Å²) in [6, 6.07) is 10.1. The zero-order valence-electron chi connectivity index (χ0n) is 13.4. The molecule has 1 aliphatic rings. The largest absolute Gasteiger partial charge is 0.367 e. The van der Waals surface area contributed by atoms with Gasteiger partial charge in [-0.25, -0.2) is 4.98 Å². The van der Waals surface area contributed by atoms with Crippen LogP contribution < -0.4 is 0 Å². The Morgan fingerprint density at radius 1 is 1.35 bits per heavy atom. The highest BCUT2D eigenvalue weighted by Gasteiger charge is 2.29. The Kier molecular flexibility index (Phi) is 5.41. The van der Waals surface area contributed by atoms with Gasteiger partial charge in [0.2, 0.25) is 5.91 Å². The number of nitrogens with zero attached hydrogens (tertiary/aromatic N) is 2. The molecule has 1 atom stereocenters. The molecule has 1 saturated heterocycles. The van der Waals surface area contributed by atoms with Crippen LogP contribution in [0.3, 0.4) is 0 Å². The first-order valence-corrected chi connectivity index (χ1v) is 8.95. The van der Waals surface area contributed by atoms with E-state index < -0.39 is 0 Å². The molecule has 122 valence electrons. The van der Waals surface area contributed by atoms with Crippen molar-refractivity contribution in [2.24, 2.45) is 0 Å². The zero-order valence-corrected chi connectivity index (χ0v) is 14.2. The predicted molar refractivity (Wildman–Crippen MR) is 91.3 cm³/mol. The van der Waals surface area contributed by atoms with Gasteiger partial charge in [-0.05, 0) is 31.7 Å².